The van der Waals surface area contributed by atoms with E-state index in [1.54, 1.807) is 12.1 Å². The maximum atomic E-state index is 12.0. The first kappa shape index (κ1) is 20.7. The first-order valence-corrected chi connectivity index (χ1v) is 9.44. The summed E-state index contributed by atoms with van der Waals surface area (Å²) in [6.07, 6.45) is 7.88. The van der Waals surface area contributed by atoms with Gasteiger partial charge in [-0.1, -0.05) is 55.6 Å². The molecule has 2 N–H and O–H groups in total. The quantitative estimate of drug-likeness (QED) is 0.466. The highest BCUT2D eigenvalue weighted by atomic mass is 35.5. The van der Waals surface area contributed by atoms with E-state index in [-0.39, 0.29) is 18.0 Å². The molecule has 2 rings (SSSR count). The van der Waals surface area contributed by atoms with Gasteiger partial charge in [0.1, 0.15) is 0 Å². The van der Waals surface area contributed by atoms with Gasteiger partial charge in [0.25, 0.3) is 0 Å². The Morgan fingerprint density at radius 2 is 1.85 bits per heavy atom. The van der Waals surface area contributed by atoms with Crippen molar-refractivity contribution in [3.63, 3.8) is 0 Å². The van der Waals surface area contributed by atoms with Gasteiger partial charge < -0.3 is 10.4 Å². The van der Waals surface area contributed by atoms with Crippen LogP contribution in [0, 0.1) is 0 Å². The zero-order chi connectivity index (χ0) is 19.6. The second-order valence-electron chi connectivity index (χ2n) is 6.36. The van der Waals surface area contributed by atoms with Gasteiger partial charge in [-0.25, -0.2) is 4.79 Å². The van der Waals surface area contributed by atoms with Crippen LogP contribution in [-0.4, -0.2) is 17.0 Å². The number of nitrogens with one attached hydrogen (secondary N) is 1. The third-order valence-electron chi connectivity index (χ3n) is 4.23. The minimum Gasteiger partial charge on any atom is -0.478 e. The van der Waals surface area contributed by atoms with Crippen LogP contribution in [0.25, 0.3) is 6.08 Å². The van der Waals surface area contributed by atoms with E-state index in [4.69, 9.17) is 11.6 Å². The van der Waals surface area contributed by atoms with Gasteiger partial charge >= 0.3 is 5.97 Å². The molecule has 5 heteroatoms. The zero-order valence-corrected chi connectivity index (χ0v) is 16.1. The van der Waals surface area contributed by atoms with Crippen LogP contribution in [0.1, 0.15) is 53.2 Å². The van der Waals surface area contributed by atoms with Crippen molar-refractivity contribution in [3.05, 3.63) is 75.8 Å². The van der Waals surface area contributed by atoms with E-state index >= 15 is 0 Å². The number of carboxylic acid groups (broad SMARTS) is 1. The van der Waals surface area contributed by atoms with E-state index < -0.39 is 5.97 Å². The number of halogens is 1. The lowest BCUT2D eigenvalue weighted by Gasteiger charge is -2.07. The molecule has 0 spiro atoms. The highest BCUT2D eigenvalue weighted by Crippen LogP contribution is 2.16. The molecule has 0 bridgehead atoms. The van der Waals surface area contributed by atoms with E-state index in [1.165, 1.54) is 43.0 Å². The van der Waals surface area contributed by atoms with Crippen LogP contribution in [0.4, 0.5) is 0 Å². The fourth-order valence-electron chi connectivity index (χ4n) is 2.70. The Labute approximate surface area is 164 Å². The van der Waals surface area contributed by atoms with Gasteiger partial charge in [-0.05, 0) is 53.8 Å². The summed E-state index contributed by atoms with van der Waals surface area (Å²) in [5, 5.41) is 12.3. The number of carboxylic acids is 1. The van der Waals surface area contributed by atoms with Crippen molar-refractivity contribution >= 4 is 29.6 Å². The molecular weight excluding hydrogens is 362 g/mol. The van der Waals surface area contributed by atoms with Gasteiger partial charge in [0.15, 0.2) is 0 Å². The van der Waals surface area contributed by atoms with E-state index in [2.05, 4.69) is 24.4 Å². The number of unbranched alkanes of at least 4 members (excludes halogenated alkanes) is 2. The number of hydrogen-bond donors (Lipinski definition) is 2. The van der Waals surface area contributed by atoms with Gasteiger partial charge in [-0.15, -0.1) is 0 Å². The smallest absolute Gasteiger partial charge is 0.336 e. The first-order valence-electron chi connectivity index (χ1n) is 9.06. The number of amides is 1. The molecule has 0 fully saturated rings. The van der Waals surface area contributed by atoms with Crippen molar-refractivity contribution in [2.45, 2.75) is 39.2 Å². The molecule has 4 nitrogen and oxygen atoms in total. The average Bonchev–Trinajstić information content (AvgIpc) is 2.65. The molecule has 2 aromatic rings. The standard InChI is InChI=1S/C22H24ClNO3/c1-2-3-4-5-16-6-8-17(9-7-16)10-13-21(25)24-15-18-14-19(23)11-12-20(18)22(26)27/h6-14H,2-5,15H2,1H3,(H,24,25)(H,26,27)/b13-10+. The molecule has 0 radical (unpaired) electrons. The van der Waals surface area contributed by atoms with Gasteiger partial charge in [0.2, 0.25) is 5.91 Å². The van der Waals surface area contributed by atoms with Gasteiger partial charge in [0, 0.05) is 17.6 Å². The van der Waals surface area contributed by atoms with Gasteiger partial charge in [0.05, 0.1) is 5.56 Å². The summed E-state index contributed by atoms with van der Waals surface area (Å²) in [5.74, 6) is -1.34. The Balaban J connectivity index is 1.90. The van der Waals surface area contributed by atoms with E-state index in [0.29, 0.717) is 10.6 Å². The zero-order valence-electron chi connectivity index (χ0n) is 15.4. The molecule has 0 aliphatic rings. The fraction of sp³-hybridized carbons (Fsp3) is 0.273. The van der Waals surface area contributed by atoms with Crippen LogP contribution in [0.2, 0.25) is 5.02 Å². The highest BCUT2D eigenvalue weighted by Gasteiger charge is 2.10. The van der Waals surface area contributed by atoms with Crippen LogP contribution in [-0.2, 0) is 17.8 Å². The van der Waals surface area contributed by atoms with E-state index in [9.17, 15) is 14.7 Å². The summed E-state index contributed by atoms with van der Waals surface area (Å²) in [5.41, 5.74) is 2.83. The predicted molar refractivity (Wildman–Crippen MR) is 109 cm³/mol. The Bertz CT molecular complexity index is 813. The van der Waals surface area contributed by atoms with Crippen molar-refractivity contribution < 1.29 is 14.7 Å². The predicted octanol–water partition coefficient (Wildman–Crippen LogP) is 5.10. The number of aromatic carboxylic acids is 1. The van der Waals surface area contributed by atoms with Crippen LogP contribution >= 0.6 is 11.6 Å². The van der Waals surface area contributed by atoms with Crippen molar-refractivity contribution in [2.75, 3.05) is 0 Å². The van der Waals surface area contributed by atoms with Crippen molar-refractivity contribution in [2.24, 2.45) is 0 Å². The molecule has 2 aromatic carbocycles. The lowest BCUT2D eigenvalue weighted by molar-refractivity contribution is -0.116. The van der Waals surface area contributed by atoms with Crippen molar-refractivity contribution in [1.82, 2.24) is 5.32 Å². The molecule has 0 aromatic heterocycles. The molecular formula is C22H24ClNO3. The lowest BCUT2D eigenvalue weighted by Crippen LogP contribution is -2.21. The summed E-state index contributed by atoms with van der Waals surface area (Å²) in [6.45, 7) is 2.29. The number of carbonyl (C=O) groups is 2. The maximum absolute atomic E-state index is 12.0. The second-order valence-corrected chi connectivity index (χ2v) is 6.79. The number of rotatable bonds is 9. The van der Waals surface area contributed by atoms with Crippen LogP contribution in [0.15, 0.2) is 48.5 Å². The summed E-state index contributed by atoms with van der Waals surface area (Å²) in [4.78, 5) is 23.2. The topological polar surface area (TPSA) is 66.4 Å². The van der Waals surface area contributed by atoms with Crippen molar-refractivity contribution in [3.8, 4) is 0 Å². The molecule has 0 unspecified atom stereocenters. The summed E-state index contributed by atoms with van der Waals surface area (Å²) in [6, 6.07) is 12.6. The molecule has 0 atom stereocenters. The third kappa shape index (κ3) is 6.91. The Morgan fingerprint density at radius 1 is 1.11 bits per heavy atom. The lowest BCUT2D eigenvalue weighted by atomic mass is 10.1. The second kappa shape index (κ2) is 10.5. The first-order chi connectivity index (χ1) is 13.0. The minimum atomic E-state index is -1.05. The molecule has 142 valence electrons. The SMILES string of the molecule is CCCCCc1ccc(/C=C/C(=O)NCc2cc(Cl)ccc2C(=O)O)cc1. The summed E-state index contributed by atoms with van der Waals surface area (Å²) in [7, 11) is 0. The largest absolute Gasteiger partial charge is 0.478 e. The molecule has 0 heterocycles. The molecule has 0 saturated heterocycles. The summed E-state index contributed by atoms with van der Waals surface area (Å²) >= 11 is 5.91. The van der Waals surface area contributed by atoms with Crippen LogP contribution in [0.5, 0.6) is 0 Å². The van der Waals surface area contributed by atoms with E-state index in [1.807, 2.05) is 12.1 Å². The van der Waals surface area contributed by atoms with E-state index in [0.717, 1.165) is 12.0 Å². The third-order valence-corrected chi connectivity index (χ3v) is 4.46. The minimum absolute atomic E-state index is 0.0989. The van der Waals surface area contributed by atoms with Gasteiger partial charge in [-0.2, -0.15) is 0 Å². The molecule has 1 amide bonds. The number of benzene rings is 2. The van der Waals surface area contributed by atoms with Crippen LogP contribution in [0.3, 0.4) is 0 Å². The van der Waals surface area contributed by atoms with Gasteiger partial charge in [-0.3, -0.25) is 4.79 Å². The van der Waals surface area contributed by atoms with Crippen molar-refractivity contribution in [1.29, 1.82) is 0 Å². The Hall–Kier alpha value is -2.59. The molecule has 27 heavy (non-hydrogen) atoms. The maximum Gasteiger partial charge on any atom is 0.336 e. The highest BCUT2D eigenvalue weighted by molar-refractivity contribution is 6.30. The number of aryl methyl sites for hydroxylation is 1. The Kier molecular flexibility index (Phi) is 8.08. The monoisotopic (exact) mass is 385 g/mol. The Morgan fingerprint density at radius 3 is 2.52 bits per heavy atom. The molecule has 0 saturated carbocycles. The summed E-state index contributed by atoms with van der Waals surface area (Å²) < 4.78 is 0. The molecule has 0 aliphatic carbocycles. The van der Waals surface area contributed by atoms with Crippen LogP contribution < -0.4 is 5.32 Å². The normalized spacial score (nSPS) is 10.9. The fourth-order valence-corrected chi connectivity index (χ4v) is 2.90. The molecule has 0 aliphatic heterocycles. The average molecular weight is 386 g/mol. The number of hydrogen-bond acceptors (Lipinski definition) is 2. The number of carbonyl (C=O) groups excluding carboxylic acids is 1.